The maximum absolute atomic E-state index is 13.1. The molecule has 1 aromatic carbocycles. The van der Waals surface area contributed by atoms with Crippen LogP contribution in [0, 0.1) is 17.2 Å². The lowest BCUT2D eigenvalue weighted by Gasteiger charge is -2.38. The van der Waals surface area contributed by atoms with Crippen molar-refractivity contribution in [2.75, 3.05) is 13.1 Å². The second-order valence-electron chi connectivity index (χ2n) is 8.14. The zero-order valence-electron chi connectivity index (χ0n) is 14.2. The molecular weight excluding hydrogens is 305 g/mol. The van der Waals surface area contributed by atoms with E-state index in [9.17, 15) is 14.6 Å². The first-order chi connectivity index (χ1) is 11.6. The minimum atomic E-state index is -1.16. The lowest BCUT2D eigenvalue weighted by Crippen LogP contribution is -2.42. The summed E-state index contributed by atoms with van der Waals surface area (Å²) < 4.78 is 13.1. The van der Waals surface area contributed by atoms with Crippen LogP contribution in [0.15, 0.2) is 24.3 Å². The van der Waals surface area contributed by atoms with Crippen molar-refractivity contribution in [3.63, 3.8) is 0 Å². The quantitative estimate of drug-likeness (QED) is 0.831. The Kier molecular flexibility index (Phi) is 4.40. The van der Waals surface area contributed by atoms with Crippen LogP contribution >= 0.6 is 0 Å². The number of rotatable bonds is 4. The highest BCUT2D eigenvalue weighted by molar-refractivity contribution is 5.21. The Bertz CT molecular complexity index is 560. The summed E-state index contributed by atoms with van der Waals surface area (Å²) in [5.41, 5.74) is 1.01. The number of hydrogen-bond donors (Lipinski definition) is 2. The topological polar surface area (TPSA) is 43.7 Å². The van der Waals surface area contributed by atoms with Crippen LogP contribution in [0.3, 0.4) is 0 Å². The molecule has 4 heteroatoms. The number of likely N-dealkylation sites (tertiary alicyclic amines) is 1. The number of piperidine rings is 1. The Morgan fingerprint density at radius 3 is 2.25 bits per heavy atom. The van der Waals surface area contributed by atoms with Gasteiger partial charge in [-0.1, -0.05) is 12.1 Å². The van der Waals surface area contributed by atoms with Crippen molar-refractivity contribution in [2.24, 2.45) is 11.3 Å². The van der Waals surface area contributed by atoms with Crippen LogP contribution in [0.4, 0.5) is 4.39 Å². The molecule has 1 heterocycles. The van der Waals surface area contributed by atoms with Crippen LogP contribution in [-0.2, 0) is 0 Å². The van der Waals surface area contributed by atoms with Crippen molar-refractivity contribution in [1.82, 2.24) is 4.90 Å². The average Bonchev–Trinajstić information content (AvgIpc) is 3.35. The molecule has 0 bridgehead atoms. The molecular formula is C20H28FNO2. The summed E-state index contributed by atoms with van der Waals surface area (Å²) in [6, 6.07) is 7.47. The maximum Gasteiger partial charge on any atom is 0.157 e. The second-order valence-corrected chi connectivity index (χ2v) is 8.14. The van der Waals surface area contributed by atoms with Crippen LogP contribution in [0.2, 0.25) is 0 Å². The van der Waals surface area contributed by atoms with E-state index >= 15 is 0 Å². The molecule has 2 atom stereocenters. The molecule has 0 radical (unpaired) electrons. The molecule has 0 aromatic heterocycles. The molecule has 0 spiro atoms. The standard InChI is InChI=1S/C20H28FNO2/c21-17-5-1-14(2-6-17)15-8-11-22(12-9-15)18-7-10-20(13-18,19(23)24)16-3-4-16/h1-2,5-6,15-16,18-19,23-24H,3-4,7-13H2. The van der Waals surface area contributed by atoms with Gasteiger partial charge in [-0.15, -0.1) is 0 Å². The molecule has 1 aromatic rings. The van der Waals surface area contributed by atoms with Crippen molar-refractivity contribution >= 4 is 0 Å². The van der Waals surface area contributed by atoms with E-state index in [1.54, 1.807) is 12.1 Å². The van der Waals surface area contributed by atoms with E-state index in [0.29, 0.717) is 17.9 Å². The summed E-state index contributed by atoms with van der Waals surface area (Å²) in [6.07, 6.45) is 6.38. The van der Waals surface area contributed by atoms with E-state index in [1.807, 2.05) is 12.1 Å². The Labute approximate surface area is 143 Å². The van der Waals surface area contributed by atoms with Crippen molar-refractivity contribution in [1.29, 1.82) is 0 Å². The normalized spacial score (nSPS) is 32.6. The molecule has 1 saturated heterocycles. The Morgan fingerprint density at radius 2 is 1.67 bits per heavy atom. The molecule has 3 aliphatic rings. The maximum atomic E-state index is 13.1. The third-order valence-corrected chi connectivity index (χ3v) is 6.85. The number of hydrogen-bond acceptors (Lipinski definition) is 3. The lowest BCUT2D eigenvalue weighted by molar-refractivity contribution is -0.144. The molecule has 3 fully saturated rings. The summed E-state index contributed by atoms with van der Waals surface area (Å²) >= 11 is 0. The van der Waals surface area contributed by atoms with Gasteiger partial charge in [0.2, 0.25) is 0 Å². The second kappa shape index (κ2) is 6.40. The van der Waals surface area contributed by atoms with Gasteiger partial charge >= 0.3 is 0 Å². The van der Waals surface area contributed by atoms with Crippen molar-refractivity contribution in [3.8, 4) is 0 Å². The number of benzene rings is 1. The lowest BCUT2D eigenvalue weighted by atomic mass is 9.79. The molecule has 0 amide bonds. The van der Waals surface area contributed by atoms with Gasteiger partial charge in [-0.3, -0.25) is 0 Å². The molecule has 3 nitrogen and oxygen atoms in total. The fraction of sp³-hybridized carbons (Fsp3) is 0.700. The third-order valence-electron chi connectivity index (χ3n) is 6.85. The first-order valence-electron chi connectivity index (χ1n) is 9.44. The Morgan fingerprint density at radius 1 is 1.00 bits per heavy atom. The van der Waals surface area contributed by atoms with Crippen molar-refractivity contribution < 1.29 is 14.6 Å². The average molecular weight is 333 g/mol. The fourth-order valence-electron chi connectivity index (χ4n) is 5.20. The van der Waals surface area contributed by atoms with E-state index in [0.717, 1.165) is 58.0 Å². The van der Waals surface area contributed by atoms with E-state index in [4.69, 9.17) is 0 Å². The van der Waals surface area contributed by atoms with E-state index in [-0.39, 0.29) is 11.2 Å². The summed E-state index contributed by atoms with van der Waals surface area (Å²) in [4.78, 5) is 2.56. The van der Waals surface area contributed by atoms with Gasteiger partial charge in [0.15, 0.2) is 6.29 Å². The highest BCUT2D eigenvalue weighted by atomic mass is 19.1. The highest BCUT2D eigenvalue weighted by Crippen LogP contribution is 2.57. The molecule has 2 aliphatic carbocycles. The monoisotopic (exact) mass is 333 g/mol. The summed E-state index contributed by atoms with van der Waals surface area (Å²) in [5.74, 6) is 0.889. The number of aliphatic hydroxyl groups excluding tert-OH is 1. The first kappa shape index (κ1) is 16.5. The van der Waals surface area contributed by atoms with Gasteiger partial charge in [-0.05, 0) is 87.6 Å². The van der Waals surface area contributed by atoms with E-state index < -0.39 is 6.29 Å². The van der Waals surface area contributed by atoms with Crippen molar-refractivity contribution in [2.45, 2.75) is 63.2 Å². The minimum absolute atomic E-state index is 0.166. The van der Waals surface area contributed by atoms with Crippen molar-refractivity contribution in [3.05, 3.63) is 35.6 Å². The smallest absolute Gasteiger partial charge is 0.157 e. The largest absolute Gasteiger partial charge is 0.368 e. The van der Waals surface area contributed by atoms with Gasteiger partial charge in [-0.2, -0.15) is 0 Å². The van der Waals surface area contributed by atoms with Crippen LogP contribution in [0.5, 0.6) is 0 Å². The van der Waals surface area contributed by atoms with Gasteiger partial charge in [0.1, 0.15) is 5.82 Å². The number of halogens is 1. The zero-order valence-corrected chi connectivity index (χ0v) is 14.2. The highest BCUT2D eigenvalue weighted by Gasteiger charge is 2.54. The molecule has 24 heavy (non-hydrogen) atoms. The Hall–Kier alpha value is -0.970. The van der Waals surface area contributed by atoms with Crippen LogP contribution < -0.4 is 0 Å². The molecule has 2 unspecified atom stereocenters. The van der Waals surface area contributed by atoms with Gasteiger partial charge in [0.25, 0.3) is 0 Å². The molecule has 132 valence electrons. The summed E-state index contributed by atoms with van der Waals surface area (Å²) in [7, 11) is 0. The first-order valence-corrected chi connectivity index (χ1v) is 9.44. The summed E-state index contributed by atoms with van der Waals surface area (Å²) in [5, 5.41) is 19.9. The van der Waals surface area contributed by atoms with Gasteiger partial charge in [-0.25, -0.2) is 4.39 Å². The number of aliphatic hydroxyl groups is 2. The SMILES string of the molecule is OC(O)C1(C2CC2)CCC(N2CCC(c3ccc(F)cc3)CC2)C1. The zero-order chi connectivity index (χ0) is 16.7. The van der Waals surface area contributed by atoms with Crippen LogP contribution in [-0.4, -0.2) is 40.5 Å². The minimum Gasteiger partial charge on any atom is -0.368 e. The predicted octanol–water partition coefficient (Wildman–Crippen LogP) is 3.26. The molecule has 1 aliphatic heterocycles. The van der Waals surface area contributed by atoms with Crippen LogP contribution in [0.25, 0.3) is 0 Å². The van der Waals surface area contributed by atoms with E-state index in [2.05, 4.69) is 4.90 Å². The van der Waals surface area contributed by atoms with E-state index in [1.165, 1.54) is 5.56 Å². The Balaban J connectivity index is 1.35. The number of nitrogens with zero attached hydrogens (tertiary/aromatic N) is 1. The molecule has 2 N–H and O–H groups in total. The third kappa shape index (κ3) is 3.00. The van der Waals surface area contributed by atoms with Gasteiger partial charge < -0.3 is 15.1 Å². The molecule has 2 saturated carbocycles. The molecule has 4 rings (SSSR count). The fourth-order valence-corrected chi connectivity index (χ4v) is 5.20. The summed E-state index contributed by atoms with van der Waals surface area (Å²) in [6.45, 7) is 2.13. The van der Waals surface area contributed by atoms with Crippen LogP contribution in [0.1, 0.15) is 56.4 Å². The van der Waals surface area contributed by atoms with Gasteiger partial charge in [0.05, 0.1) is 0 Å². The van der Waals surface area contributed by atoms with Gasteiger partial charge in [0, 0.05) is 11.5 Å². The predicted molar refractivity (Wildman–Crippen MR) is 91.0 cm³/mol.